The number of carboxylic acid groups (broad SMARTS) is 1. The fraction of sp³-hybridized carbons (Fsp3) is 0.875. The van der Waals surface area contributed by atoms with Gasteiger partial charge in [0.2, 0.25) is 0 Å². The van der Waals surface area contributed by atoms with E-state index in [-0.39, 0.29) is 38.2 Å². The van der Waals surface area contributed by atoms with Gasteiger partial charge in [0.25, 0.3) is 6.29 Å². The number of quaternary nitrogens is 1. The molecule has 2 atom stereocenters. The van der Waals surface area contributed by atoms with Crippen molar-refractivity contribution in [1.82, 2.24) is 0 Å². The van der Waals surface area contributed by atoms with Crippen LogP contribution in [0.3, 0.4) is 0 Å². The van der Waals surface area contributed by atoms with Crippen LogP contribution in [0.5, 0.6) is 0 Å². The van der Waals surface area contributed by atoms with Crippen molar-refractivity contribution in [3.8, 4) is 0 Å². The predicted molar refractivity (Wildman–Crippen MR) is 420 cm³/mol. The number of carboxylic acids is 1. The normalized spacial score (nSPS) is 12.8. The summed E-state index contributed by atoms with van der Waals surface area (Å²) in [5, 5.41) is 9.78. The van der Waals surface area contributed by atoms with Crippen LogP contribution in [-0.4, -0.2) is 87.4 Å². The van der Waals surface area contributed by atoms with E-state index in [0.717, 1.165) is 51.4 Å². The van der Waals surface area contributed by atoms with Crippen molar-refractivity contribution < 1.29 is 42.9 Å². The number of nitrogens with zero attached hydrogens (tertiary/aromatic N) is 1. The first-order chi connectivity index (χ1) is 47.6. The minimum atomic E-state index is -1.51. The van der Waals surface area contributed by atoms with Crippen LogP contribution in [0.1, 0.15) is 438 Å². The molecule has 97 heavy (non-hydrogen) atoms. The number of likely N-dealkylation sites (N-methyl/N-ethyl adjacent to an activating group) is 1. The molecule has 0 saturated carbocycles. The topological polar surface area (TPSA) is 108 Å². The van der Waals surface area contributed by atoms with Crippen LogP contribution in [0.2, 0.25) is 0 Å². The third-order valence-electron chi connectivity index (χ3n) is 19.6. The smallest absolute Gasteiger partial charge is 0.361 e. The van der Waals surface area contributed by atoms with Gasteiger partial charge in [-0.05, 0) is 77.0 Å². The van der Waals surface area contributed by atoms with Gasteiger partial charge in [0.05, 0.1) is 34.4 Å². The highest BCUT2D eigenvalue weighted by molar-refractivity contribution is 5.71. The molecule has 0 aromatic carbocycles. The van der Waals surface area contributed by atoms with Crippen LogP contribution in [0.25, 0.3) is 0 Å². The standard InChI is InChI=1S/C88H165NO8/c1-6-8-10-12-14-16-18-20-22-24-26-28-30-32-34-36-38-39-40-41-42-43-44-45-46-47-49-51-53-55-57-59-61-63-65-67-69-71-73-75-77-79-86(91)97-84(83-96-88(87(92)93)94-81-80-89(3,4)5)82-95-85(90)78-76-74-72-70-68-66-64-62-60-58-56-54-52-50-48-37-35-33-31-29-27-25-23-21-19-17-15-13-11-9-7-2/h18,20,24-27,30,32,84,88H,6-17,19,21-23,28-29,31,33-83H2,1-5H3/p+1/b20-18-,26-24-,27-25-,32-30-. The van der Waals surface area contributed by atoms with Gasteiger partial charge in [-0.15, -0.1) is 0 Å². The molecule has 9 nitrogen and oxygen atoms in total. The summed E-state index contributed by atoms with van der Waals surface area (Å²) in [6.07, 6.45) is 102. The van der Waals surface area contributed by atoms with E-state index in [2.05, 4.69) is 62.5 Å². The van der Waals surface area contributed by atoms with Crippen LogP contribution in [0.15, 0.2) is 48.6 Å². The van der Waals surface area contributed by atoms with Gasteiger partial charge in [-0.2, -0.15) is 0 Å². The second-order valence-electron chi connectivity index (χ2n) is 30.5. The monoisotopic (exact) mass is 1370 g/mol. The van der Waals surface area contributed by atoms with Crippen molar-refractivity contribution in [2.24, 2.45) is 0 Å². The summed E-state index contributed by atoms with van der Waals surface area (Å²) in [6.45, 7) is 4.95. The molecule has 2 unspecified atom stereocenters. The molecule has 0 spiro atoms. The number of aliphatic carboxylic acids is 1. The van der Waals surface area contributed by atoms with Crippen molar-refractivity contribution in [2.75, 3.05) is 47.5 Å². The molecule has 0 bridgehead atoms. The van der Waals surface area contributed by atoms with Crippen LogP contribution < -0.4 is 0 Å². The molecule has 570 valence electrons. The predicted octanol–water partition coefficient (Wildman–Crippen LogP) is 27.6. The summed E-state index contributed by atoms with van der Waals surface area (Å²) >= 11 is 0. The summed E-state index contributed by atoms with van der Waals surface area (Å²) < 4.78 is 23.1. The van der Waals surface area contributed by atoms with E-state index in [4.69, 9.17) is 18.9 Å². The maximum atomic E-state index is 13.0. The summed E-state index contributed by atoms with van der Waals surface area (Å²) in [7, 11) is 6.00. The third-order valence-corrected chi connectivity index (χ3v) is 19.6. The van der Waals surface area contributed by atoms with Gasteiger partial charge in [0, 0.05) is 12.8 Å². The first-order valence-corrected chi connectivity index (χ1v) is 42.8. The van der Waals surface area contributed by atoms with Crippen molar-refractivity contribution in [2.45, 2.75) is 450 Å². The second kappa shape index (κ2) is 79.0. The Kier molecular flexibility index (Phi) is 76.7. The number of hydrogen-bond acceptors (Lipinski definition) is 7. The molecular formula is C88H166NO8+. The van der Waals surface area contributed by atoms with Crippen LogP contribution in [0.4, 0.5) is 0 Å². The van der Waals surface area contributed by atoms with Crippen molar-refractivity contribution in [3.63, 3.8) is 0 Å². The van der Waals surface area contributed by atoms with Crippen molar-refractivity contribution in [3.05, 3.63) is 48.6 Å². The Labute approximate surface area is 603 Å². The molecule has 1 N–H and O–H groups in total. The number of carbonyl (C=O) groups excluding carboxylic acids is 2. The van der Waals surface area contributed by atoms with Crippen molar-refractivity contribution in [1.29, 1.82) is 0 Å². The second-order valence-corrected chi connectivity index (χ2v) is 30.5. The van der Waals surface area contributed by atoms with Gasteiger partial charge in [0.15, 0.2) is 6.10 Å². The fourth-order valence-electron chi connectivity index (χ4n) is 13.0. The highest BCUT2D eigenvalue weighted by Crippen LogP contribution is 2.20. The van der Waals surface area contributed by atoms with Crippen LogP contribution in [-0.2, 0) is 33.3 Å². The van der Waals surface area contributed by atoms with E-state index in [1.807, 2.05) is 21.1 Å². The Morgan fingerprint density at radius 1 is 0.309 bits per heavy atom. The van der Waals surface area contributed by atoms with Gasteiger partial charge >= 0.3 is 17.9 Å². The first-order valence-electron chi connectivity index (χ1n) is 42.8. The molecule has 0 aromatic heterocycles. The molecule has 9 heteroatoms. The molecule has 0 aliphatic carbocycles. The Hall–Kier alpha value is -2.75. The maximum absolute atomic E-state index is 13.0. The van der Waals surface area contributed by atoms with Gasteiger partial charge in [-0.3, -0.25) is 9.59 Å². The summed E-state index contributed by atoms with van der Waals surface area (Å²) in [5.74, 6) is -1.97. The van der Waals surface area contributed by atoms with E-state index >= 15 is 0 Å². The van der Waals surface area contributed by atoms with E-state index in [1.165, 1.54) is 360 Å². The quantitative estimate of drug-likeness (QED) is 0.0211. The highest BCUT2D eigenvalue weighted by Gasteiger charge is 2.25. The molecule has 0 amide bonds. The number of carbonyl (C=O) groups is 3. The Morgan fingerprint density at radius 3 is 0.835 bits per heavy atom. The number of ether oxygens (including phenoxy) is 4. The lowest BCUT2D eigenvalue weighted by molar-refractivity contribution is -0.870. The molecule has 0 rings (SSSR count). The number of hydrogen-bond donors (Lipinski definition) is 1. The lowest BCUT2D eigenvalue weighted by Crippen LogP contribution is -2.40. The molecule has 0 heterocycles. The number of rotatable bonds is 81. The molecule has 0 aliphatic heterocycles. The van der Waals surface area contributed by atoms with E-state index < -0.39 is 18.4 Å². The lowest BCUT2D eigenvalue weighted by Gasteiger charge is -2.25. The first kappa shape index (κ1) is 94.2. The molecule has 0 fully saturated rings. The largest absolute Gasteiger partial charge is 0.477 e. The van der Waals surface area contributed by atoms with Gasteiger partial charge in [-0.1, -0.05) is 396 Å². The van der Waals surface area contributed by atoms with Gasteiger partial charge < -0.3 is 28.5 Å². The Morgan fingerprint density at radius 2 is 0.557 bits per heavy atom. The molecule has 0 aliphatic rings. The minimum Gasteiger partial charge on any atom is -0.477 e. The zero-order valence-electron chi connectivity index (χ0n) is 65.5. The van der Waals surface area contributed by atoms with E-state index in [9.17, 15) is 19.5 Å². The Bertz CT molecular complexity index is 1730. The average Bonchev–Trinajstić information content (AvgIpc) is 3.27. The zero-order valence-corrected chi connectivity index (χ0v) is 65.5. The summed E-state index contributed by atoms with van der Waals surface area (Å²) in [6, 6.07) is 0. The number of unbranched alkanes of at least 4 members (excludes halogenated alkanes) is 58. The number of esters is 2. The van der Waals surface area contributed by atoms with Gasteiger partial charge in [-0.25, -0.2) is 4.79 Å². The summed E-state index contributed by atoms with van der Waals surface area (Å²) in [4.78, 5) is 37.8. The Balaban J connectivity index is 3.92. The minimum absolute atomic E-state index is 0.175. The van der Waals surface area contributed by atoms with Crippen LogP contribution >= 0.6 is 0 Å². The fourth-order valence-corrected chi connectivity index (χ4v) is 13.0. The maximum Gasteiger partial charge on any atom is 0.361 e. The third kappa shape index (κ3) is 80.4. The molecule has 0 saturated heterocycles. The summed E-state index contributed by atoms with van der Waals surface area (Å²) in [5.41, 5.74) is 0. The SMILES string of the molecule is CCCCCCC/C=C\C/C=C\C/C=C\CCCCCCCCCCCCCCCCCCCCCCCCCCCCC(=O)OC(COC(=O)CCCCCCCCCCCCCCCCCCCCC/C=C\CCCCCCCCCC)COC(OCC[N+](C)(C)C)C(=O)O. The molecule has 0 radical (unpaired) electrons. The average molecular weight is 1370 g/mol. The van der Waals surface area contributed by atoms with Crippen molar-refractivity contribution >= 4 is 17.9 Å². The van der Waals surface area contributed by atoms with E-state index in [0.29, 0.717) is 17.4 Å². The highest BCUT2D eigenvalue weighted by atomic mass is 16.7. The molecular weight excluding hydrogens is 1200 g/mol. The molecule has 0 aromatic rings. The van der Waals surface area contributed by atoms with Crippen LogP contribution in [0, 0.1) is 0 Å². The lowest BCUT2D eigenvalue weighted by atomic mass is 10.0. The zero-order chi connectivity index (χ0) is 70.4. The van der Waals surface area contributed by atoms with E-state index in [1.54, 1.807) is 0 Å². The number of allylic oxidation sites excluding steroid dienone is 8. The van der Waals surface area contributed by atoms with Gasteiger partial charge in [0.1, 0.15) is 13.2 Å².